The van der Waals surface area contributed by atoms with Crippen molar-refractivity contribution in [1.29, 1.82) is 0 Å². The maximum absolute atomic E-state index is 12.9. The van der Waals surface area contributed by atoms with E-state index in [0.717, 1.165) is 20.8 Å². The second-order valence-electron chi connectivity index (χ2n) is 6.92. The van der Waals surface area contributed by atoms with Crippen LogP contribution in [0, 0.1) is 0 Å². The molecule has 2 aromatic carbocycles. The topological polar surface area (TPSA) is 51.1 Å². The molecular weight excluding hydrogens is 500 g/mol. The van der Waals surface area contributed by atoms with Gasteiger partial charge in [0.05, 0.1) is 23.9 Å². The lowest BCUT2D eigenvalue weighted by molar-refractivity contribution is -0.139. The van der Waals surface area contributed by atoms with Crippen LogP contribution in [0.2, 0.25) is 5.02 Å². The molecule has 0 saturated carbocycles. The van der Waals surface area contributed by atoms with Crippen molar-refractivity contribution in [2.24, 2.45) is 4.99 Å². The maximum Gasteiger partial charge on any atom is 0.338 e. The van der Waals surface area contributed by atoms with Gasteiger partial charge in [0, 0.05) is 21.3 Å². The lowest BCUT2D eigenvalue weighted by Gasteiger charge is -2.34. The smallest absolute Gasteiger partial charge is 0.338 e. The molecule has 0 unspecified atom stereocenters. The van der Waals surface area contributed by atoms with Gasteiger partial charge in [-0.25, -0.2) is 9.79 Å². The van der Waals surface area contributed by atoms with Crippen LogP contribution in [0.5, 0.6) is 5.75 Å². The predicted molar refractivity (Wildman–Crippen MR) is 128 cm³/mol. The van der Waals surface area contributed by atoms with Gasteiger partial charge in [0.2, 0.25) is 0 Å². The minimum absolute atomic E-state index is 0.294. The molecule has 5 nitrogen and oxygen atoms in total. The number of esters is 1. The van der Waals surface area contributed by atoms with E-state index in [1.165, 1.54) is 11.8 Å². The molecule has 160 valence electrons. The quantitative estimate of drug-likeness (QED) is 0.411. The number of carbonyl (C=O) groups is 1. The first-order chi connectivity index (χ1) is 15.0. The van der Waals surface area contributed by atoms with Gasteiger partial charge in [0.15, 0.2) is 5.17 Å². The van der Waals surface area contributed by atoms with Crippen molar-refractivity contribution in [2.75, 3.05) is 6.61 Å². The van der Waals surface area contributed by atoms with Crippen molar-refractivity contribution >= 4 is 50.4 Å². The Morgan fingerprint density at radius 1 is 1.26 bits per heavy atom. The Morgan fingerprint density at radius 2 is 2.03 bits per heavy atom. The van der Waals surface area contributed by atoms with Gasteiger partial charge in [-0.15, -0.1) is 0 Å². The van der Waals surface area contributed by atoms with Crippen molar-refractivity contribution in [2.45, 2.75) is 26.5 Å². The Hall–Kier alpha value is -2.22. The van der Waals surface area contributed by atoms with E-state index >= 15 is 0 Å². The molecular formula is C23H20BrClN2O3S. The van der Waals surface area contributed by atoms with Crippen LogP contribution >= 0.6 is 39.3 Å². The maximum atomic E-state index is 12.9. The van der Waals surface area contributed by atoms with E-state index in [9.17, 15) is 4.79 Å². The van der Waals surface area contributed by atoms with Gasteiger partial charge in [-0.2, -0.15) is 0 Å². The van der Waals surface area contributed by atoms with Crippen LogP contribution in [0.4, 0.5) is 0 Å². The van der Waals surface area contributed by atoms with Gasteiger partial charge >= 0.3 is 5.97 Å². The number of ether oxygens (including phenoxy) is 2. The summed E-state index contributed by atoms with van der Waals surface area (Å²) in [5, 5.41) is 3.46. The number of thioether (sulfide) groups is 1. The van der Waals surface area contributed by atoms with Crippen LogP contribution in [-0.2, 0) is 16.1 Å². The third-order valence-corrected chi connectivity index (χ3v) is 6.41. The SMILES string of the molecule is CCOC(=O)C1=C(C)N=C2SC=CN2[C@@H]1c1cc(Br)ccc1OCc1ccc(Cl)cc1. The number of hydrogen-bond donors (Lipinski definition) is 0. The van der Waals surface area contributed by atoms with E-state index in [1.54, 1.807) is 6.92 Å². The molecule has 0 fully saturated rings. The largest absolute Gasteiger partial charge is 0.489 e. The molecule has 2 heterocycles. The second-order valence-corrected chi connectivity index (χ2v) is 9.15. The third-order valence-electron chi connectivity index (χ3n) is 4.89. The van der Waals surface area contributed by atoms with Crippen molar-refractivity contribution < 1.29 is 14.3 Å². The Morgan fingerprint density at radius 3 is 2.77 bits per heavy atom. The highest BCUT2D eigenvalue weighted by Gasteiger charge is 2.39. The zero-order valence-corrected chi connectivity index (χ0v) is 20.1. The third kappa shape index (κ3) is 4.68. The molecule has 0 radical (unpaired) electrons. The number of halogens is 2. The normalized spacial score (nSPS) is 17.5. The van der Waals surface area contributed by atoms with Crippen molar-refractivity contribution in [3.05, 3.63) is 86.0 Å². The summed E-state index contributed by atoms with van der Waals surface area (Å²) >= 11 is 11.1. The molecule has 1 atom stereocenters. The van der Waals surface area contributed by atoms with Crippen molar-refractivity contribution in [1.82, 2.24) is 4.90 Å². The van der Waals surface area contributed by atoms with Gasteiger partial charge in [0.1, 0.15) is 12.4 Å². The van der Waals surface area contributed by atoms with Gasteiger partial charge in [-0.3, -0.25) is 0 Å². The first-order valence-corrected chi connectivity index (χ1v) is 11.8. The summed E-state index contributed by atoms with van der Waals surface area (Å²) in [7, 11) is 0. The summed E-state index contributed by atoms with van der Waals surface area (Å²) in [5.41, 5.74) is 3.00. The molecule has 0 aliphatic carbocycles. The zero-order chi connectivity index (χ0) is 22.0. The number of fused-ring (bicyclic) bond motifs is 1. The highest BCUT2D eigenvalue weighted by Crippen LogP contribution is 2.44. The summed E-state index contributed by atoms with van der Waals surface area (Å²) in [6.07, 6.45) is 1.93. The van der Waals surface area contributed by atoms with Crippen LogP contribution in [0.1, 0.15) is 31.0 Å². The molecule has 2 aliphatic rings. The van der Waals surface area contributed by atoms with Crippen LogP contribution in [0.25, 0.3) is 0 Å². The Labute approximate surface area is 198 Å². The fourth-order valence-corrected chi connectivity index (χ4v) is 4.78. The second kappa shape index (κ2) is 9.51. The lowest BCUT2D eigenvalue weighted by Crippen LogP contribution is -2.34. The predicted octanol–water partition coefficient (Wildman–Crippen LogP) is 6.45. The van der Waals surface area contributed by atoms with E-state index < -0.39 is 6.04 Å². The van der Waals surface area contributed by atoms with E-state index in [-0.39, 0.29) is 5.97 Å². The Kier molecular flexibility index (Phi) is 6.74. The molecule has 2 aliphatic heterocycles. The Balaban J connectivity index is 1.74. The van der Waals surface area contributed by atoms with Crippen LogP contribution in [0.3, 0.4) is 0 Å². The number of rotatable bonds is 6. The average Bonchev–Trinajstić information content (AvgIpc) is 3.21. The zero-order valence-electron chi connectivity index (χ0n) is 17.0. The summed E-state index contributed by atoms with van der Waals surface area (Å²) in [6, 6.07) is 12.9. The molecule has 31 heavy (non-hydrogen) atoms. The molecule has 0 spiro atoms. The van der Waals surface area contributed by atoms with Crippen LogP contribution < -0.4 is 4.74 Å². The lowest BCUT2D eigenvalue weighted by atomic mass is 9.94. The minimum Gasteiger partial charge on any atom is -0.489 e. The number of carbonyl (C=O) groups excluding carboxylic acids is 1. The van der Waals surface area contributed by atoms with Crippen LogP contribution in [-0.4, -0.2) is 22.6 Å². The molecule has 0 amide bonds. The fourth-order valence-electron chi connectivity index (χ4n) is 3.48. The molecule has 0 saturated heterocycles. The summed E-state index contributed by atoms with van der Waals surface area (Å²) in [6.45, 7) is 4.31. The monoisotopic (exact) mass is 518 g/mol. The minimum atomic E-state index is -0.407. The summed E-state index contributed by atoms with van der Waals surface area (Å²) < 4.78 is 12.5. The van der Waals surface area contributed by atoms with Crippen LogP contribution in [0.15, 0.2) is 74.8 Å². The van der Waals surface area contributed by atoms with E-state index in [0.29, 0.717) is 35.3 Å². The fraction of sp³-hybridized carbons (Fsp3) is 0.217. The number of hydrogen-bond acceptors (Lipinski definition) is 6. The van der Waals surface area contributed by atoms with Gasteiger partial charge in [0.25, 0.3) is 0 Å². The molecule has 2 aromatic rings. The average molecular weight is 520 g/mol. The molecule has 4 rings (SSSR count). The number of aliphatic imine (C=N–C) groups is 1. The van der Waals surface area contributed by atoms with Crippen molar-refractivity contribution in [3.63, 3.8) is 0 Å². The van der Waals surface area contributed by atoms with Gasteiger partial charge in [-0.1, -0.05) is 51.4 Å². The highest BCUT2D eigenvalue weighted by atomic mass is 79.9. The standard InChI is InChI=1S/C23H20BrClN2O3S/c1-3-29-22(28)20-14(2)26-23-27(10-11-31-23)21(20)18-12-16(24)6-9-19(18)30-13-15-4-7-17(25)8-5-15/h4-12,21H,3,13H2,1-2H3/t21-/m1/s1. The van der Waals surface area contributed by atoms with Crippen molar-refractivity contribution in [3.8, 4) is 5.75 Å². The summed E-state index contributed by atoms with van der Waals surface area (Å²) in [5.74, 6) is 0.311. The first kappa shape index (κ1) is 22.0. The van der Waals surface area contributed by atoms with E-state index in [2.05, 4.69) is 20.9 Å². The number of amidine groups is 1. The molecule has 0 bridgehead atoms. The van der Waals surface area contributed by atoms with Gasteiger partial charge < -0.3 is 14.4 Å². The van der Waals surface area contributed by atoms with Gasteiger partial charge in [-0.05, 0) is 55.2 Å². The first-order valence-electron chi connectivity index (χ1n) is 9.73. The molecule has 8 heteroatoms. The number of nitrogens with zero attached hydrogens (tertiary/aromatic N) is 2. The summed E-state index contributed by atoms with van der Waals surface area (Å²) in [4.78, 5) is 19.5. The van der Waals surface area contributed by atoms with E-state index in [4.69, 9.17) is 21.1 Å². The number of allylic oxidation sites excluding steroid dienone is 1. The Bertz CT molecular complexity index is 1100. The number of benzene rings is 2. The van der Waals surface area contributed by atoms with E-state index in [1.807, 2.05) is 65.9 Å². The highest BCUT2D eigenvalue weighted by molar-refractivity contribution is 9.10. The molecule has 0 N–H and O–H groups in total. The molecule has 0 aromatic heterocycles.